The highest BCUT2D eigenvalue weighted by Gasteiger charge is 2.19. The monoisotopic (exact) mass is 778 g/mol. The van der Waals surface area contributed by atoms with Crippen molar-refractivity contribution in [2.75, 3.05) is 0 Å². The summed E-state index contributed by atoms with van der Waals surface area (Å²) in [6.45, 7) is 0. The van der Waals surface area contributed by atoms with Crippen molar-refractivity contribution >= 4 is 96.5 Å². The van der Waals surface area contributed by atoms with E-state index in [1.165, 1.54) is 119 Å². The minimum Gasteiger partial charge on any atom is -0.456 e. The van der Waals surface area contributed by atoms with E-state index < -0.39 is 0 Å². The summed E-state index contributed by atoms with van der Waals surface area (Å²) >= 11 is 1.87. The third kappa shape index (κ3) is 5.05. The maximum atomic E-state index is 6.35. The minimum atomic E-state index is 0.935. The third-order valence-electron chi connectivity index (χ3n) is 12.6. The van der Waals surface area contributed by atoms with Gasteiger partial charge in [0, 0.05) is 30.9 Å². The molecule has 0 spiro atoms. The summed E-state index contributed by atoms with van der Waals surface area (Å²) in [5.41, 5.74) is 11.8. The highest BCUT2D eigenvalue weighted by Crippen LogP contribution is 2.47. The molecular formula is C58H34OS. The Kier molecular flexibility index (Phi) is 7.24. The Hall–Kier alpha value is -7.52. The van der Waals surface area contributed by atoms with Crippen molar-refractivity contribution in [3.8, 4) is 44.5 Å². The number of thiophene rings is 1. The van der Waals surface area contributed by atoms with Crippen LogP contribution in [0.15, 0.2) is 211 Å². The molecule has 0 radical (unpaired) electrons. The van der Waals surface area contributed by atoms with Gasteiger partial charge in [-0.3, -0.25) is 0 Å². The van der Waals surface area contributed by atoms with E-state index in [-0.39, 0.29) is 0 Å². The van der Waals surface area contributed by atoms with Gasteiger partial charge in [0.2, 0.25) is 0 Å². The summed E-state index contributed by atoms with van der Waals surface area (Å²) in [4.78, 5) is 0. The molecule has 1 nitrogen and oxygen atoms in total. The predicted octanol–water partition coefficient (Wildman–Crippen LogP) is 17.2. The number of fused-ring (bicyclic) bond motifs is 11. The molecule has 2 aromatic heterocycles. The normalized spacial score (nSPS) is 12.0. The van der Waals surface area contributed by atoms with E-state index in [9.17, 15) is 0 Å². The topological polar surface area (TPSA) is 13.1 Å². The molecule has 13 rings (SSSR count). The van der Waals surface area contributed by atoms with Crippen LogP contribution in [0.5, 0.6) is 0 Å². The van der Waals surface area contributed by atoms with Crippen molar-refractivity contribution in [1.29, 1.82) is 0 Å². The fourth-order valence-corrected chi connectivity index (χ4v) is 11.1. The molecule has 278 valence electrons. The second kappa shape index (κ2) is 13.0. The second-order valence-corrected chi connectivity index (χ2v) is 17.0. The molecule has 0 saturated heterocycles. The van der Waals surface area contributed by atoms with E-state index in [0.29, 0.717) is 0 Å². The number of hydrogen-bond acceptors (Lipinski definition) is 2. The average Bonchev–Trinajstić information content (AvgIpc) is 3.86. The van der Waals surface area contributed by atoms with Crippen LogP contribution < -0.4 is 0 Å². The van der Waals surface area contributed by atoms with Crippen LogP contribution in [0.2, 0.25) is 0 Å². The van der Waals surface area contributed by atoms with Gasteiger partial charge in [-0.15, -0.1) is 11.3 Å². The molecular weight excluding hydrogens is 745 g/mol. The molecule has 0 aliphatic carbocycles. The van der Waals surface area contributed by atoms with Crippen molar-refractivity contribution in [1.82, 2.24) is 0 Å². The van der Waals surface area contributed by atoms with Crippen molar-refractivity contribution in [2.24, 2.45) is 0 Å². The van der Waals surface area contributed by atoms with E-state index in [1.54, 1.807) is 0 Å². The van der Waals surface area contributed by atoms with Crippen LogP contribution in [-0.4, -0.2) is 0 Å². The van der Waals surface area contributed by atoms with Gasteiger partial charge in [0.15, 0.2) is 0 Å². The molecule has 60 heavy (non-hydrogen) atoms. The van der Waals surface area contributed by atoms with Crippen LogP contribution in [0.25, 0.3) is 130 Å². The van der Waals surface area contributed by atoms with Crippen molar-refractivity contribution in [3.05, 3.63) is 206 Å². The molecule has 0 amide bonds. The Morgan fingerprint density at radius 1 is 0.283 bits per heavy atom. The lowest BCUT2D eigenvalue weighted by atomic mass is 9.85. The van der Waals surface area contributed by atoms with Gasteiger partial charge in [-0.1, -0.05) is 170 Å². The van der Waals surface area contributed by atoms with Crippen molar-refractivity contribution < 1.29 is 4.42 Å². The number of benzene rings is 11. The summed E-state index contributed by atoms with van der Waals surface area (Å²) < 4.78 is 8.92. The minimum absolute atomic E-state index is 0.935. The SMILES string of the molecule is c1cc(-c2ccc3ccccc3c2)cc(-c2c3ccccc3c(-c3ccc(-c4cc5sc6cc7c(cc6c5c5ccccc45)oc4ccccc47)cc3)c3ccccc23)c1. The Bertz CT molecular complexity index is 3830. The zero-order valence-electron chi connectivity index (χ0n) is 32.4. The molecule has 13 aromatic rings. The Labute approximate surface area is 350 Å². The van der Waals surface area contributed by atoms with Gasteiger partial charge < -0.3 is 4.42 Å². The highest BCUT2D eigenvalue weighted by molar-refractivity contribution is 7.26. The summed E-state index contributed by atoms with van der Waals surface area (Å²) in [5, 5.41) is 15.0. The summed E-state index contributed by atoms with van der Waals surface area (Å²) in [7, 11) is 0. The van der Waals surface area contributed by atoms with Crippen LogP contribution >= 0.6 is 11.3 Å². The molecule has 0 N–H and O–H groups in total. The van der Waals surface area contributed by atoms with Gasteiger partial charge in [-0.2, -0.15) is 0 Å². The molecule has 0 fully saturated rings. The second-order valence-electron chi connectivity index (χ2n) is 15.9. The van der Waals surface area contributed by atoms with E-state index in [1.807, 2.05) is 17.4 Å². The summed E-state index contributed by atoms with van der Waals surface area (Å²) in [5.74, 6) is 0. The van der Waals surface area contributed by atoms with E-state index in [2.05, 4.69) is 200 Å². The quantitative estimate of drug-likeness (QED) is 0.162. The van der Waals surface area contributed by atoms with E-state index >= 15 is 0 Å². The van der Waals surface area contributed by atoms with Crippen molar-refractivity contribution in [2.45, 2.75) is 0 Å². The predicted molar refractivity (Wildman–Crippen MR) is 258 cm³/mol. The first kappa shape index (κ1) is 33.5. The first-order chi connectivity index (χ1) is 29.7. The van der Waals surface area contributed by atoms with Crippen molar-refractivity contribution in [3.63, 3.8) is 0 Å². The molecule has 2 heteroatoms. The molecule has 0 unspecified atom stereocenters. The highest BCUT2D eigenvalue weighted by atomic mass is 32.1. The Morgan fingerprint density at radius 3 is 1.60 bits per heavy atom. The average molecular weight is 779 g/mol. The lowest BCUT2D eigenvalue weighted by Crippen LogP contribution is -1.91. The summed E-state index contributed by atoms with van der Waals surface area (Å²) in [6, 6.07) is 75.8. The van der Waals surface area contributed by atoms with Gasteiger partial charge in [-0.25, -0.2) is 0 Å². The number of furan rings is 1. The third-order valence-corrected chi connectivity index (χ3v) is 13.7. The van der Waals surface area contributed by atoms with Gasteiger partial charge in [0.05, 0.1) is 0 Å². The van der Waals surface area contributed by atoms with Crippen LogP contribution in [0, 0.1) is 0 Å². The standard InChI is InChI=1S/C58H34OS/c1-2-13-38-30-40(29-24-35(38)12-1)39-14-11-15-41(31-39)57-47-21-7-5-19-45(47)56(46-20-6-8-22-48(46)57)37-27-25-36(26-28-37)49-33-55-58(44-18-4-3-16-42(44)49)51-32-53-50(34-54(51)60-55)43-17-9-10-23-52(43)59-53/h1-34H. The van der Waals surface area contributed by atoms with Crippen LogP contribution in [-0.2, 0) is 0 Å². The smallest absolute Gasteiger partial charge is 0.136 e. The number of para-hydroxylation sites is 1. The largest absolute Gasteiger partial charge is 0.456 e. The van der Waals surface area contributed by atoms with E-state index in [0.717, 1.165) is 11.2 Å². The molecule has 0 atom stereocenters. The Morgan fingerprint density at radius 2 is 0.850 bits per heavy atom. The lowest BCUT2D eigenvalue weighted by molar-refractivity contribution is 0.669. The number of rotatable bonds is 4. The molecule has 0 saturated carbocycles. The maximum Gasteiger partial charge on any atom is 0.136 e. The van der Waals surface area contributed by atoms with Gasteiger partial charge in [-0.05, 0) is 124 Å². The fraction of sp³-hybridized carbons (Fsp3) is 0. The molecule has 11 aromatic carbocycles. The zero-order valence-corrected chi connectivity index (χ0v) is 33.3. The van der Waals surface area contributed by atoms with Gasteiger partial charge in [0.25, 0.3) is 0 Å². The zero-order chi connectivity index (χ0) is 39.3. The van der Waals surface area contributed by atoms with Crippen LogP contribution in [0.3, 0.4) is 0 Å². The summed E-state index contributed by atoms with van der Waals surface area (Å²) in [6.07, 6.45) is 0. The Balaban J connectivity index is 0.954. The first-order valence-corrected chi connectivity index (χ1v) is 21.4. The van der Waals surface area contributed by atoms with Crippen LogP contribution in [0.4, 0.5) is 0 Å². The van der Waals surface area contributed by atoms with E-state index in [4.69, 9.17) is 4.42 Å². The molecule has 0 aliphatic rings. The van der Waals surface area contributed by atoms with Gasteiger partial charge >= 0.3 is 0 Å². The number of hydrogen-bond donors (Lipinski definition) is 0. The van der Waals surface area contributed by atoms with Crippen LogP contribution in [0.1, 0.15) is 0 Å². The first-order valence-electron chi connectivity index (χ1n) is 20.6. The molecule has 0 aliphatic heterocycles. The van der Waals surface area contributed by atoms with Gasteiger partial charge in [0.1, 0.15) is 11.2 Å². The molecule has 2 heterocycles. The molecule has 0 bridgehead atoms. The maximum absolute atomic E-state index is 6.35. The fourth-order valence-electron chi connectivity index (χ4n) is 9.89. The lowest BCUT2D eigenvalue weighted by Gasteiger charge is -2.18.